The molecular formula is C20H22N4O. The van der Waals surface area contributed by atoms with Gasteiger partial charge in [-0.3, -0.25) is 14.9 Å². The molecule has 2 aromatic heterocycles. The molecule has 1 aromatic carbocycles. The molecule has 0 bridgehead atoms. The first-order valence-corrected chi connectivity index (χ1v) is 8.49. The minimum atomic E-state index is 0.154. The minimum Gasteiger partial charge on any atom is -0.338 e. The molecule has 2 heterocycles. The number of nitrogens with one attached hydrogen (secondary N) is 1. The van der Waals surface area contributed by atoms with Crippen LogP contribution in [0.1, 0.15) is 23.1 Å². The van der Waals surface area contributed by atoms with Crippen molar-refractivity contribution in [2.24, 2.45) is 0 Å². The molecule has 0 aliphatic heterocycles. The molecule has 0 aliphatic rings. The number of aromatic nitrogens is 3. The van der Waals surface area contributed by atoms with E-state index in [0.717, 1.165) is 17.5 Å². The first-order chi connectivity index (χ1) is 12.3. The molecule has 5 nitrogen and oxygen atoms in total. The number of amides is 1. The monoisotopic (exact) mass is 334 g/mol. The number of pyridine rings is 1. The van der Waals surface area contributed by atoms with Gasteiger partial charge in [0.15, 0.2) is 0 Å². The van der Waals surface area contributed by atoms with Crippen LogP contribution in [-0.2, 0) is 24.2 Å². The highest BCUT2D eigenvalue weighted by molar-refractivity contribution is 5.76. The number of nitrogens with zero attached hydrogens (tertiary/aromatic N) is 3. The zero-order chi connectivity index (χ0) is 17.3. The van der Waals surface area contributed by atoms with E-state index in [1.54, 1.807) is 12.4 Å². The van der Waals surface area contributed by atoms with Crippen molar-refractivity contribution in [3.05, 3.63) is 83.9 Å². The Balaban J connectivity index is 1.63. The van der Waals surface area contributed by atoms with Gasteiger partial charge in [0, 0.05) is 38.1 Å². The number of benzene rings is 1. The van der Waals surface area contributed by atoms with Gasteiger partial charge in [-0.25, -0.2) is 0 Å². The summed E-state index contributed by atoms with van der Waals surface area (Å²) in [6.45, 7) is 1.29. The molecule has 0 fully saturated rings. The second kappa shape index (κ2) is 8.78. The molecule has 3 rings (SSSR count). The quantitative estimate of drug-likeness (QED) is 0.689. The first-order valence-electron chi connectivity index (χ1n) is 8.49. The van der Waals surface area contributed by atoms with Crippen LogP contribution in [-0.4, -0.2) is 32.5 Å². The van der Waals surface area contributed by atoms with Crippen LogP contribution in [0.25, 0.3) is 0 Å². The van der Waals surface area contributed by atoms with E-state index < -0.39 is 0 Å². The van der Waals surface area contributed by atoms with Crippen LogP contribution in [0.3, 0.4) is 0 Å². The zero-order valence-electron chi connectivity index (χ0n) is 14.1. The van der Waals surface area contributed by atoms with E-state index in [0.29, 0.717) is 25.9 Å². The summed E-state index contributed by atoms with van der Waals surface area (Å²) >= 11 is 0. The maximum atomic E-state index is 12.7. The lowest BCUT2D eigenvalue weighted by Crippen LogP contribution is -2.32. The number of hydrogen-bond acceptors (Lipinski definition) is 3. The smallest absolute Gasteiger partial charge is 0.223 e. The predicted molar refractivity (Wildman–Crippen MR) is 96.7 cm³/mol. The van der Waals surface area contributed by atoms with Crippen LogP contribution in [0.4, 0.5) is 0 Å². The third kappa shape index (κ3) is 5.28. The summed E-state index contributed by atoms with van der Waals surface area (Å²) < 4.78 is 0. The van der Waals surface area contributed by atoms with Gasteiger partial charge in [-0.2, -0.15) is 5.10 Å². The van der Waals surface area contributed by atoms with Crippen LogP contribution >= 0.6 is 0 Å². The van der Waals surface area contributed by atoms with Gasteiger partial charge in [-0.05, 0) is 35.6 Å². The Morgan fingerprint density at radius 3 is 2.52 bits per heavy atom. The third-order valence-electron chi connectivity index (χ3n) is 4.14. The van der Waals surface area contributed by atoms with Crippen molar-refractivity contribution in [2.75, 3.05) is 6.54 Å². The van der Waals surface area contributed by atoms with E-state index in [4.69, 9.17) is 0 Å². The van der Waals surface area contributed by atoms with Crippen molar-refractivity contribution < 1.29 is 4.79 Å². The van der Waals surface area contributed by atoms with Gasteiger partial charge in [0.1, 0.15) is 0 Å². The molecular weight excluding hydrogens is 312 g/mol. The van der Waals surface area contributed by atoms with Gasteiger partial charge in [-0.15, -0.1) is 0 Å². The lowest BCUT2D eigenvalue weighted by atomic mass is 10.1. The molecule has 3 aromatic rings. The number of aromatic amines is 1. The summed E-state index contributed by atoms with van der Waals surface area (Å²) in [7, 11) is 0. The van der Waals surface area contributed by atoms with E-state index in [-0.39, 0.29) is 5.91 Å². The Morgan fingerprint density at radius 2 is 1.80 bits per heavy atom. The van der Waals surface area contributed by atoms with Crippen molar-refractivity contribution >= 4 is 5.91 Å². The standard InChI is InChI=1S/C20H22N4O/c25-20(9-8-18-14-22-23-15-18)24(16-19-7-4-11-21-13-19)12-10-17-5-2-1-3-6-17/h1-7,11,13-15H,8-10,12,16H2,(H,22,23). The zero-order valence-corrected chi connectivity index (χ0v) is 14.1. The molecule has 1 N–H and O–H groups in total. The van der Waals surface area contributed by atoms with Crippen LogP contribution in [0, 0.1) is 0 Å². The van der Waals surface area contributed by atoms with Crippen LogP contribution in [0.5, 0.6) is 0 Å². The maximum absolute atomic E-state index is 12.7. The first kappa shape index (κ1) is 16.9. The Hall–Kier alpha value is -2.95. The van der Waals surface area contributed by atoms with Gasteiger partial charge >= 0.3 is 0 Å². The SMILES string of the molecule is O=C(CCc1cn[nH]c1)N(CCc1ccccc1)Cc1cccnc1. The Kier molecular flexibility index (Phi) is 5.93. The maximum Gasteiger partial charge on any atom is 0.223 e. The number of carbonyl (C=O) groups excluding carboxylic acids is 1. The topological polar surface area (TPSA) is 61.9 Å². The van der Waals surface area contributed by atoms with Gasteiger partial charge in [0.25, 0.3) is 0 Å². The molecule has 1 amide bonds. The summed E-state index contributed by atoms with van der Waals surface area (Å²) in [5.74, 6) is 0.154. The number of rotatable bonds is 8. The van der Waals surface area contributed by atoms with Gasteiger partial charge in [-0.1, -0.05) is 36.4 Å². The van der Waals surface area contributed by atoms with E-state index in [1.165, 1.54) is 5.56 Å². The molecule has 25 heavy (non-hydrogen) atoms. The van der Waals surface area contributed by atoms with E-state index in [2.05, 4.69) is 27.3 Å². The minimum absolute atomic E-state index is 0.154. The highest BCUT2D eigenvalue weighted by atomic mass is 16.2. The number of carbonyl (C=O) groups is 1. The molecule has 0 spiro atoms. The van der Waals surface area contributed by atoms with Gasteiger partial charge < -0.3 is 4.90 Å². The molecule has 5 heteroatoms. The normalized spacial score (nSPS) is 10.6. The number of aryl methyl sites for hydroxylation is 1. The second-order valence-corrected chi connectivity index (χ2v) is 6.02. The van der Waals surface area contributed by atoms with Crippen molar-refractivity contribution in [2.45, 2.75) is 25.8 Å². The molecule has 0 radical (unpaired) electrons. The highest BCUT2D eigenvalue weighted by Crippen LogP contribution is 2.10. The third-order valence-corrected chi connectivity index (χ3v) is 4.14. The Morgan fingerprint density at radius 1 is 0.960 bits per heavy atom. The molecule has 0 saturated heterocycles. The second-order valence-electron chi connectivity index (χ2n) is 6.02. The van der Waals surface area contributed by atoms with E-state index in [9.17, 15) is 4.79 Å². The van der Waals surface area contributed by atoms with Crippen LogP contribution < -0.4 is 0 Å². The molecule has 0 unspecified atom stereocenters. The molecule has 0 atom stereocenters. The Bertz CT molecular complexity index is 757. The number of hydrogen-bond donors (Lipinski definition) is 1. The Labute approximate surface area is 147 Å². The van der Waals surface area contributed by atoms with E-state index in [1.807, 2.05) is 47.6 Å². The fraction of sp³-hybridized carbons (Fsp3) is 0.250. The van der Waals surface area contributed by atoms with Crippen LogP contribution in [0.2, 0.25) is 0 Å². The lowest BCUT2D eigenvalue weighted by Gasteiger charge is -2.23. The van der Waals surface area contributed by atoms with Gasteiger partial charge in [0.05, 0.1) is 6.20 Å². The highest BCUT2D eigenvalue weighted by Gasteiger charge is 2.14. The van der Waals surface area contributed by atoms with Crippen molar-refractivity contribution in [1.29, 1.82) is 0 Å². The van der Waals surface area contributed by atoms with Crippen LogP contribution in [0.15, 0.2) is 67.3 Å². The van der Waals surface area contributed by atoms with Crippen molar-refractivity contribution in [3.8, 4) is 0 Å². The number of H-pyrrole nitrogens is 1. The fourth-order valence-electron chi connectivity index (χ4n) is 2.74. The predicted octanol–water partition coefficient (Wildman–Crippen LogP) is 3.01. The fourth-order valence-corrected chi connectivity index (χ4v) is 2.74. The summed E-state index contributed by atoms with van der Waals surface area (Å²) in [5, 5.41) is 6.72. The summed E-state index contributed by atoms with van der Waals surface area (Å²) in [6.07, 6.45) is 9.19. The molecule has 0 saturated carbocycles. The summed E-state index contributed by atoms with van der Waals surface area (Å²) in [6, 6.07) is 14.2. The van der Waals surface area contributed by atoms with E-state index >= 15 is 0 Å². The largest absolute Gasteiger partial charge is 0.338 e. The summed E-state index contributed by atoms with van der Waals surface area (Å²) in [5.41, 5.74) is 3.34. The average molecular weight is 334 g/mol. The molecule has 128 valence electrons. The average Bonchev–Trinajstić information content (AvgIpc) is 3.18. The van der Waals surface area contributed by atoms with Crippen molar-refractivity contribution in [1.82, 2.24) is 20.1 Å². The lowest BCUT2D eigenvalue weighted by molar-refractivity contribution is -0.131. The van der Waals surface area contributed by atoms with Crippen molar-refractivity contribution in [3.63, 3.8) is 0 Å². The summed E-state index contributed by atoms with van der Waals surface area (Å²) in [4.78, 5) is 18.8. The molecule has 0 aliphatic carbocycles. The van der Waals surface area contributed by atoms with Gasteiger partial charge in [0.2, 0.25) is 5.91 Å².